The molecule has 0 amide bonds. The fraction of sp³-hybridized carbons (Fsp3) is 0.231. The summed E-state index contributed by atoms with van der Waals surface area (Å²) in [6.07, 6.45) is 0. The first kappa shape index (κ1) is 13.4. The van der Waals surface area contributed by atoms with Crippen molar-refractivity contribution in [2.75, 3.05) is 21.3 Å². The van der Waals surface area contributed by atoms with E-state index in [-0.39, 0.29) is 5.69 Å². The molecule has 0 radical (unpaired) electrons. The molecule has 0 aliphatic carbocycles. The van der Waals surface area contributed by atoms with Gasteiger partial charge >= 0.3 is 5.97 Å². The fourth-order valence-corrected chi connectivity index (χ4v) is 2.46. The first-order chi connectivity index (χ1) is 9.21. The Labute approximate surface area is 114 Å². The first-order valence-electron chi connectivity index (χ1n) is 5.46. The van der Waals surface area contributed by atoms with E-state index in [1.165, 1.54) is 18.4 Å². The summed E-state index contributed by atoms with van der Waals surface area (Å²) >= 11 is 1.35. The van der Waals surface area contributed by atoms with Crippen LogP contribution in [0, 0.1) is 0 Å². The predicted octanol–water partition coefficient (Wildman–Crippen LogP) is 2.61. The Kier molecular flexibility index (Phi) is 4.01. The van der Waals surface area contributed by atoms with Gasteiger partial charge in [0.15, 0.2) is 17.2 Å². The average molecular weight is 279 g/mol. The van der Waals surface area contributed by atoms with Crippen molar-refractivity contribution in [3.8, 4) is 22.1 Å². The number of rotatable bonds is 4. The van der Waals surface area contributed by atoms with E-state index in [9.17, 15) is 4.79 Å². The summed E-state index contributed by atoms with van der Waals surface area (Å²) in [4.78, 5) is 15.6. The van der Waals surface area contributed by atoms with E-state index in [4.69, 9.17) is 9.47 Å². The number of para-hydroxylation sites is 1. The summed E-state index contributed by atoms with van der Waals surface area (Å²) in [7, 11) is 4.47. The van der Waals surface area contributed by atoms with E-state index in [0.29, 0.717) is 16.5 Å². The molecule has 0 bridgehead atoms. The van der Waals surface area contributed by atoms with E-state index in [2.05, 4.69) is 9.72 Å². The van der Waals surface area contributed by atoms with Gasteiger partial charge in [-0.05, 0) is 12.1 Å². The van der Waals surface area contributed by atoms with E-state index in [0.717, 1.165) is 5.56 Å². The molecular weight excluding hydrogens is 266 g/mol. The zero-order chi connectivity index (χ0) is 13.8. The SMILES string of the molecule is COC(=O)c1csc(-c2cccc(OC)c2OC)n1. The standard InChI is InChI=1S/C13H13NO4S/c1-16-10-6-4-5-8(11(10)17-2)12-14-9(7-19-12)13(15)18-3/h4-7H,1-3H3. The van der Waals surface area contributed by atoms with Crippen molar-refractivity contribution in [1.29, 1.82) is 0 Å². The Morgan fingerprint density at radius 2 is 2.00 bits per heavy atom. The molecule has 0 fully saturated rings. The zero-order valence-electron chi connectivity index (χ0n) is 10.8. The molecule has 2 rings (SSSR count). The molecule has 0 spiro atoms. The number of thiazole rings is 1. The van der Waals surface area contributed by atoms with Crippen LogP contribution in [0.3, 0.4) is 0 Å². The quantitative estimate of drug-likeness (QED) is 0.805. The van der Waals surface area contributed by atoms with E-state index in [1.807, 2.05) is 12.1 Å². The van der Waals surface area contributed by atoms with Gasteiger partial charge in [-0.25, -0.2) is 9.78 Å². The number of carbonyl (C=O) groups is 1. The minimum Gasteiger partial charge on any atom is -0.493 e. The number of hydrogen-bond donors (Lipinski definition) is 0. The number of aromatic nitrogens is 1. The molecule has 0 saturated carbocycles. The molecule has 1 aromatic heterocycles. The minimum atomic E-state index is -0.454. The van der Waals surface area contributed by atoms with Crippen LogP contribution in [-0.4, -0.2) is 32.3 Å². The summed E-state index contributed by atoms with van der Waals surface area (Å²) in [5.41, 5.74) is 1.06. The summed E-state index contributed by atoms with van der Waals surface area (Å²) in [6.45, 7) is 0. The van der Waals surface area contributed by atoms with E-state index in [1.54, 1.807) is 25.7 Å². The van der Waals surface area contributed by atoms with Crippen LogP contribution in [0.25, 0.3) is 10.6 Å². The smallest absolute Gasteiger partial charge is 0.357 e. The molecule has 1 aromatic carbocycles. The number of benzene rings is 1. The minimum absolute atomic E-state index is 0.285. The molecule has 19 heavy (non-hydrogen) atoms. The Bertz CT molecular complexity index is 594. The van der Waals surface area contributed by atoms with Gasteiger partial charge in [0, 0.05) is 5.38 Å². The lowest BCUT2D eigenvalue weighted by Gasteiger charge is -2.10. The van der Waals surface area contributed by atoms with E-state index >= 15 is 0 Å². The van der Waals surface area contributed by atoms with Crippen molar-refractivity contribution < 1.29 is 19.0 Å². The summed E-state index contributed by atoms with van der Waals surface area (Å²) in [5.74, 6) is 0.759. The molecule has 100 valence electrons. The van der Waals surface area contributed by atoms with Gasteiger partial charge in [0.2, 0.25) is 0 Å². The van der Waals surface area contributed by atoms with Gasteiger partial charge in [0.05, 0.1) is 26.9 Å². The van der Waals surface area contributed by atoms with Crippen LogP contribution in [0.5, 0.6) is 11.5 Å². The van der Waals surface area contributed by atoms with Crippen LogP contribution in [0.4, 0.5) is 0 Å². The molecule has 5 nitrogen and oxygen atoms in total. The van der Waals surface area contributed by atoms with Crippen LogP contribution in [0.15, 0.2) is 23.6 Å². The molecule has 6 heteroatoms. The largest absolute Gasteiger partial charge is 0.493 e. The second-order valence-corrected chi connectivity index (χ2v) is 4.43. The van der Waals surface area contributed by atoms with Crippen molar-refractivity contribution in [1.82, 2.24) is 4.98 Å². The van der Waals surface area contributed by atoms with Crippen molar-refractivity contribution in [3.63, 3.8) is 0 Å². The van der Waals surface area contributed by atoms with E-state index < -0.39 is 5.97 Å². The number of carbonyl (C=O) groups excluding carboxylic acids is 1. The second-order valence-electron chi connectivity index (χ2n) is 3.57. The second kappa shape index (κ2) is 5.71. The third-order valence-corrected chi connectivity index (χ3v) is 3.41. The lowest BCUT2D eigenvalue weighted by molar-refractivity contribution is 0.0595. The predicted molar refractivity (Wildman–Crippen MR) is 72.0 cm³/mol. The molecule has 0 aliphatic heterocycles. The molecule has 0 atom stereocenters. The van der Waals surface area contributed by atoms with Crippen LogP contribution in [0.1, 0.15) is 10.5 Å². The van der Waals surface area contributed by atoms with Gasteiger partial charge in [0.1, 0.15) is 5.01 Å². The van der Waals surface area contributed by atoms with Crippen LogP contribution in [0.2, 0.25) is 0 Å². The van der Waals surface area contributed by atoms with Gasteiger partial charge in [-0.3, -0.25) is 0 Å². The highest BCUT2D eigenvalue weighted by molar-refractivity contribution is 7.13. The molecule has 0 unspecified atom stereocenters. The third-order valence-electron chi connectivity index (χ3n) is 2.53. The number of esters is 1. The summed E-state index contributed by atoms with van der Waals surface area (Å²) in [6, 6.07) is 5.51. The maximum absolute atomic E-state index is 11.4. The Balaban J connectivity index is 2.47. The van der Waals surface area contributed by atoms with Gasteiger partial charge < -0.3 is 14.2 Å². The Morgan fingerprint density at radius 3 is 2.63 bits per heavy atom. The van der Waals surface area contributed by atoms with Crippen molar-refractivity contribution in [2.24, 2.45) is 0 Å². The maximum atomic E-state index is 11.4. The topological polar surface area (TPSA) is 57.7 Å². The first-order valence-corrected chi connectivity index (χ1v) is 6.34. The van der Waals surface area contributed by atoms with Crippen LogP contribution in [-0.2, 0) is 4.74 Å². The summed E-state index contributed by atoms with van der Waals surface area (Å²) < 4.78 is 15.2. The van der Waals surface area contributed by atoms with Crippen LogP contribution < -0.4 is 9.47 Å². The fourth-order valence-electron chi connectivity index (χ4n) is 1.65. The highest BCUT2D eigenvalue weighted by Crippen LogP contribution is 2.38. The number of hydrogen-bond acceptors (Lipinski definition) is 6. The molecule has 0 aliphatic rings. The lowest BCUT2D eigenvalue weighted by Crippen LogP contribution is -2.01. The van der Waals surface area contributed by atoms with Gasteiger partial charge in [-0.1, -0.05) is 6.07 Å². The van der Waals surface area contributed by atoms with Gasteiger partial charge in [-0.15, -0.1) is 11.3 Å². The monoisotopic (exact) mass is 279 g/mol. The van der Waals surface area contributed by atoms with Crippen molar-refractivity contribution in [2.45, 2.75) is 0 Å². The number of ether oxygens (including phenoxy) is 3. The lowest BCUT2D eigenvalue weighted by atomic mass is 10.2. The molecule has 0 saturated heterocycles. The molecule has 0 N–H and O–H groups in total. The number of methoxy groups -OCH3 is 3. The van der Waals surface area contributed by atoms with Crippen molar-refractivity contribution in [3.05, 3.63) is 29.3 Å². The molecular formula is C13H13NO4S. The Morgan fingerprint density at radius 1 is 1.21 bits per heavy atom. The van der Waals surface area contributed by atoms with Gasteiger partial charge in [-0.2, -0.15) is 0 Å². The number of nitrogens with zero attached hydrogens (tertiary/aromatic N) is 1. The molecule has 2 aromatic rings. The van der Waals surface area contributed by atoms with Gasteiger partial charge in [0.25, 0.3) is 0 Å². The van der Waals surface area contributed by atoms with Crippen molar-refractivity contribution >= 4 is 17.3 Å². The highest BCUT2D eigenvalue weighted by atomic mass is 32.1. The Hall–Kier alpha value is -2.08. The van der Waals surface area contributed by atoms with Crippen LogP contribution >= 0.6 is 11.3 Å². The normalized spacial score (nSPS) is 10.1. The average Bonchev–Trinajstić information content (AvgIpc) is 2.95. The maximum Gasteiger partial charge on any atom is 0.357 e. The summed E-state index contributed by atoms with van der Waals surface area (Å²) in [5, 5.41) is 2.33. The third kappa shape index (κ3) is 2.53. The highest BCUT2D eigenvalue weighted by Gasteiger charge is 2.17. The zero-order valence-corrected chi connectivity index (χ0v) is 11.6. The molecule has 1 heterocycles.